The summed E-state index contributed by atoms with van der Waals surface area (Å²) in [6.45, 7) is 5.36. The normalized spacial score (nSPS) is 14.8. The van der Waals surface area contributed by atoms with Crippen molar-refractivity contribution in [3.8, 4) is 5.75 Å². The van der Waals surface area contributed by atoms with Crippen LogP contribution in [0.4, 0.5) is 5.69 Å². The van der Waals surface area contributed by atoms with E-state index in [0.29, 0.717) is 13.1 Å². The van der Waals surface area contributed by atoms with E-state index in [1.807, 2.05) is 25.1 Å². The molecule has 0 atom stereocenters. The number of nitrogens with zero attached hydrogens (tertiary/aromatic N) is 3. The highest BCUT2D eigenvalue weighted by Gasteiger charge is 2.23. The summed E-state index contributed by atoms with van der Waals surface area (Å²) in [5, 5.41) is 11.1. The van der Waals surface area contributed by atoms with Gasteiger partial charge in [-0.3, -0.25) is 19.8 Å². The predicted molar refractivity (Wildman–Crippen MR) is 102 cm³/mol. The number of amides is 1. The number of ether oxygens (including phenoxy) is 1. The second kappa shape index (κ2) is 8.64. The SMILES string of the molecule is Cc1ccc([N+](=O)[O-])c(OCC(=O)N2CCN(Cc3ccccc3)CC2)c1. The number of carbonyl (C=O) groups excluding carboxylic acids is 1. The van der Waals surface area contributed by atoms with Gasteiger partial charge in [0.05, 0.1) is 4.92 Å². The third-order valence-corrected chi connectivity index (χ3v) is 4.64. The number of benzene rings is 2. The minimum Gasteiger partial charge on any atom is -0.477 e. The van der Waals surface area contributed by atoms with Crippen molar-refractivity contribution in [1.29, 1.82) is 0 Å². The Labute approximate surface area is 158 Å². The monoisotopic (exact) mass is 369 g/mol. The number of aryl methyl sites for hydroxylation is 1. The Balaban J connectivity index is 1.50. The van der Waals surface area contributed by atoms with E-state index in [1.54, 1.807) is 17.0 Å². The molecule has 7 nitrogen and oxygen atoms in total. The molecular formula is C20H23N3O4. The zero-order chi connectivity index (χ0) is 19.2. The molecule has 0 N–H and O–H groups in total. The number of nitro benzene ring substituents is 1. The molecule has 0 bridgehead atoms. The highest BCUT2D eigenvalue weighted by molar-refractivity contribution is 5.78. The standard InChI is InChI=1S/C20H23N3O4/c1-16-7-8-18(23(25)26)19(13-16)27-15-20(24)22-11-9-21(10-12-22)14-17-5-3-2-4-6-17/h2-8,13H,9-12,14-15H2,1H3. The first-order valence-corrected chi connectivity index (χ1v) is 8.95. The molecule has 1 heterocycles. The molecule has 0 radical (unpaired) electrons. The Morgan fingerprint density at radius 1 is 1.11 bits per heavy atom. The number of rotatable bonds is 6. The van der Waals surface area contributed by atoms with Crippen molar-refractivity contribution in [1.82, 2.24) is 9.80 Å². The van der Waals surface area contributed by atoms with Crippen molar-refractivity contribution in [3.63, 3.8) is 0 Å². The van der Waals surface area contributed by atoms with Gasteiger partial charge in [-0.1, -0.05) is 36.4 Å². The van der Waals surface area contributed by atoms with Gasteiger partial charge >= 0.3 is 5.69 Å². The number of carbonyl (C=O) groups is 1. The van der Waals surface area contributed by atoms with Crippen molar-refractivity contribution in [2.24, 2.45) is 0 Å². The van der Waals surface area contributed by atoms with E-state index < -0.39 is 4.92 Å². The quantitative estimate of drug-likeness (QED) is 0.578. The van der Waals surface area contributed by atoms with Crippen LogP contribution in [0.3, 0.4) is 0 Å². The van der Waals surface area contributed by atoms with Gasteiger partial charge in [-0.05, 0) is 24.1 Å². The van der Waals surface area contributed by atoms with E-state index in [9.17, 15) is 14.9 Å². The van der Waals surface area contributed by atoms with Crippen molar-refractivity contribution < 1.29 is 14.5 Å². The fourth-order valence-corrected chi connectivity index (χ4v) is 3.12. The van der Waals surface area contributed by atoms with Gasteiger partial charge in [0.2, 0.25) is 0 Å². The first-order valence-electron chi connectivity index (χ1n) is 8.95. The first kappa shape index (κ1) is 18.8. The van der Waals surface area contributed by atoms with E-state index in [0.717, 1.165) is 25.2 Å². The lowest BCUT2D eigenvalue weighted by Gasteiger charge is -2.34. The van der Waals surface area contributed by atoms with Crippen LogP contribution in [-0.4, -0.2) is 53.4 Å². The Morgan fingerprint density at radius 2 is 1.81 bits per heavy atom. The lowest BCUT2D eigenvalue weighted by atomic mass is 10.2. The highest BCUT2D eigenvalue weighted by Crippen LogP contribution is 2.27. The molecule has 0 saturated carbocycles. The average molecular weight is 369 g/mol. The van der Waals surface area contributed by atoms with Crippen molar-refractivity contribution in [2.45, 2.75) is 13.5 Å². The lowest BCUT2D eigenvalue weighted by Crippen LogP contribution is -2.49. The number of hydrogen-bond donors (Lipinski definition) is 0. The van der Waals surface area contributed by atoms with E-state index >= 15 is 0 Å². The molecule has 1 saturated heterocycles. The van der Waals surface area contributed by atoms with E-state index in [4.69, 9.17) is 4.74 Å². The van der Waals surface area contributed by atoms with Gasteiger partial charge in [0.1, 0.15) is 0 Å². The molecule has 27 heavy (non-hydrogen) atoms. The fourth-order valence-electron chi connectivity index (χ4n) is 3.12. The largest absolute Gasteiger partial charge is 0.477 e. The van der Waals surface area contributed by atoms with Gasteiger partial charge in [0.15, 0.2) is 12.4 Å². The third-order valence-electron chi connectivity index (χ3n) is 4.64. The predicted octanol–water partition coefficient (Wildman–Crippen LogP) is 2.63. The van der Waals surface area contributed by atoms with Crippen molar-refractivity contribution in [2.75, 3.05) is 32.8 Å². The summed E-state index contributed by atoms with van der Waals surface area (Å²) in [5.41, 5.74) is 1.98. The third kappa shape index (κ3) is 5.04. The van der Waals surface area contributed by atoms with Crippen LogP contribution in [0, 0.1) is 17.0 Å². The molecule has 2 aromatic rings. The number of hydrogen-bond acceptors (Lipinski definition) is 5. The second-order valence-electron chi connectivity index (χ2n) is 6.66. The highest BCUT2D eigenvalue weighted by atomic mass is 16.6. The van der Waals surface area contributed by atoms with Gasteiger partial charge in [0, 0.05) is 38.8 Å². The zero-order valence-corrected chi connectivity index (χ0v) is 15.3. The van der Waals surface area contributed by atoms with Crippen LogP contribution < -0.4 is 4.74 Å². The Bertz CT molecular complexity index is 802. The maximum atomic E-state index is 12.4. The maximum absolute atomic E-state index is 12.4. The minimum atomic E-state index is -0.498. The van der Waals surface area contributed by atoms with Crippen molar-refractivity contribution in [3.05, 3.63) is 69.8 Å². The molecule has 1 aliphatic heterocycles. The molecule has 0 spiro atoms. The summed E-state index contributed by atoms with van der Waals surface area (Å²) in [5.74, 6) is -0.0128. The summed E-state index contributed by atoms with van der Waals surface area (Å²) in [4.78, 5) is 27.1. The van der Waals surface area contributed by atoms with Gasteiger partial charge in [0.25, 0.3) is 5.91 Å². The molecule has 0 aromatic heterocycles. The summed E-state index contributed by atoms with van der Waals surface area (Å²) in [6.07, 6.45) is 0. The molecule has 1 aliphatic rings. The molecule has 0 unspecified atom stereocenters. The minimum absolute atomic E-state index is 0.124. The van der Waals surface area contributed by atoms with Gasteiger partial charge in [-0.25, -0.2) is 0 Å². The van der Waals surface area contributed by atoms with E-state index in [2.05, 4.69) is 17.0 Å². The first-order chi connectivity index (χ1) is 13.0. The second-order valence-corrected chi connectivity index (χ2v) is 6.66. The average Bonchev–Trinajstić information content (AvgIpc) is 2.67. The van der Waals surface area contributed by atoms with E-state index in [-0.39, 0.29) is 24.0 Å². The molecule has 2 aromatic carbocycles. The molecule has 142 valence electrons. The molecule has 0 aliphatic carbocycles. The molecule has 7 heteroatoms. The lowest BCUT2D eigenvalue weighted by molar-refractivity contribution is -0.385. The number of nitro groups is 1. The van der Waals surface area contributed by atoms with Crippen molar-refractivity contribution >= 4 is 11.6 Å². The number of piperazine rings is 1. The van der Waals surface area contributed by atoms with Gasteiger partial charge < -0.3 is 9.64 Å². The summed E-state index contributed by atoms with van der Waals surface area (Å²) < 4.78 is 5.47. The Hall–Kier alpha value is -2.93. The summed E-state index contributed by atoms with van der Waals surface area (Å²) >= 11 is 0. The smallest absolute Gasteiger partial charge is 0.310 e. The molecule has 1 amide bonds. The summed E-state index contributed by atoms with van der Waals surface area (Å²) in [7, 11) is 0. The van der Waals surface area contributed by atoms with Crippen LogP contribution in [-0.2, 0) is 11.3 Å². The molecular weight excluding hydrogens is 346 g/mol. The van der Waals surface area contributed by atoms with Gasteiger partial charge in [-0.2, -0.15) is 0 Å². The van der Waals surface area contributed by atoms with Crippen LogP contribution in [0.15, 0.2) is 48.5 Å². The van der Waals surface area contributed by atoms with Gasteiger partial charge in [-0.15, -0.1) is 0 Å². The fraction of sp³-hybridized carbons (Fsp3) is 0.350. The van der Waals surface area contributed by atoms with Crippen LogP contribution in [0.5, 0.6) is 5.75 Å². The summed E-state index contributed by atoms with van der Waals surface area (Å²) in [6, 6.07) is 14.9. The zero-order valence-electron chi connectivity index (χ0n) is 15.3. The van der Waals surface area contributed by atoms with Crippen LogP contribution >= 0.6 is 0 Å². The van der Waals surface area contributed by atoms with Crippen LogP contribution in [0.2, 0.25) is 0 Å². The molecule has 1 fully saturated rings. The Kier molecular flexibility index (Phi) is 6.03. The van der Waals surface area contributed by atoms with Crippen LogP contribution in [0.1, 0.15) is 11.1 Å². The maximum Gasteiger partial charge on any atom is 0.310 e. The van der Waals surface area contributed by atoms with E-state index in [1.165, 1.54) is 11.6 Å². The Morgan fingerprint density at radius 3 is 2.48 bits per heavy atom. The van der Waals surface area contributed by atoms with Crippen LogP contribution in [0.25, 0.3) is 0 Å². The topological polar surface area (TPSA) is 75.9 Å². The molecule has 3 rings (SSSR count).